The van der Waals surface area contributed by atoms with E-state index >= 15 is 0 Å². The molecule has 1 aliphatic carbocycles. The Morgan fingerprint density at radius 3 is 2.41 bits per heavy atom. The molecule has 0 heterocycles. The van der Waals surface area contributed by atoms with Crippen LogP contribution < -0.4 is 5.32 Å². The molecular weight excluding hydrogens is 362 g/mol. The third-order valence-electron chi connectivity index (χ3n) is 5.95. The number of carbonyl (C=O) groups is 1. The largest absolute Gasteiger partial charge is 0.444 e. The van der Waals surface area contributed by atoms with Gasteiger partial charge in [0.1, 0.15) is 5.60 Å². The monoisotopic (exact) mass is 403 g/mol. The van der Waals surface area contributed by atoms with Crippen LogP contribution in [0.2, 0.25) is 0 Å². The van der Waals surface area contributed by atoms with E-state index in [9.17, 15) is 9.90 Å². The average molecular weight is 404 g/mol. The fourth-order valence-electron chi connectivity index (χ4n) is 4.29. The molecule has 1 aromatic carbocycles. The molecule has 164 valence electrons. The predicted molar refractivity (Wildman–Crippen MR) is 119 cm³/mol. The van der Waals surface area contributed by atoms with E-state index in [1.807, 2.05) is 20.8 Å². The van der Waals surface area contributed by atoms with Gasteiger partial charge in [-0.25, -0.2) is 4.79 Å². The van der Waals surface area contributed by atoms with Crippen molar-refractivity contribution in [2.75, 3.05) is 6.61 Å². The Balaban J connectivity index is 1.84. The minimum absolute atomic E-state index is 0.0567. The average Bonchev–Trinajstić information content (AvgIpc) is 3.08. The standard InChI is InChI=1S/C25H41NO3/c1-5-6-7-8-9-10-11-20-12-14-21(15-13-20)22-16-17-25(18-22,19-27)26-23(28)29-24(2,3)4/h12-15,22,27H,5-11,16-19H2,1-4H3,(H,26,28)/t22-,25?/m0/s1. The quantitative estimate of drug-likeness (QED) is 0.463. The van der Waals surface area contributed by atoms with E-state index in [2.05, 4.69) is 36.5 Å². The second-order valence-electron chi connectivity index (χ2n) is 9.76. The van der Waals surface area contributed by atoms with Crippen LogP contribution in [0.4, 0.5) is 4.79 Å². The van der Waals surface area contributed by atoms with Crippen LogP contribution in [0.3, 0.4) is 0 Å². The Morgan fingerprint density at radius 2 is 1.79 bits per heavy atom. The number of ether oxygens (including phenoxy) is 1. The summed E-state index contributed by atoms with van der Waals surface area (Å²) in [6.07, 6.45) is 11.1. The van der Waals surface area contributed by atoms with Gasteiger partial charge in [0, 0.05) is 0 Å². The van der Waals surface area contributed by atoms with Crippen LogP contribution in [0, 0.1) is 0 Å². The van der Waals surface area contributed by atoms with Gasteiger partial charge in [0.05, 0.1) is 12.1 Å². The van der Waals surface area contributed by atoms with Crippen LogP contribution in [0.5, 0.6) is 0 Å². The first-order valence-electron chi connectivity index (χ1n) is 11.5. The molecule has 4 nitrogen and oxygen atoms in total. The molecule has 0 radical (unpaired) electrons. The lowest BCUT2D eigenvalue weighted by Gasteiger charge is -2.30. The van der Waals surface area contributed by atoms with Gasteiger partial charge in [-0.3, -0.25) is 0 Å². The maximum Gasteiger partial charge on any atom is 0.408 e. The maximum absolute atomic E-state index is 12.2. The molecule has 29 heavy (non-hydrogen) atoms. The summed E-state index contributed by atoms with van der Waals surface area (Å²) >= 11 is 0. The summed E-state index contributed by atoms with van der Waals surface area (Å²) in [6.45, 7) is 7.75. The van der Waals surface area contributed by atoms with Gasteiger partial charge in [-0.1, -0.05) is 63.3 Å². The molecule has 2 rings (SSSR count). The van der Waals surface area contributed by atoms with Crippen LogP contribution >= 0.6 is 0 Å². The zero-order chi connectivity index (χ0) is 21.3. The highest BCUT2D eigenvalue weighted by Gasteiger charge is 2.41. The predicted octanol–water partition coefficient (Wildman–Crippen LogP) is 6.11. The summed E-state index contributed by atoms with van der Waals surface area (Å²) in [5.74, 6) is 0.361. The fraction of sp³-hybridized carbons (Fsp3) is 0.720. The Hall–Kier alpha value is -1.55. The molecule has 0 aromatic heterocycles. The van der Waals surface area contributed by atoms with Crippen LogP contribution in [0.25, 0.3) is 0 Å². The Kier molecular flexibility index (Phi) is 9.01. The van der Waals surface area contributed by atoms with Gasteiger partial charge >= 0.3 is 6.09 Å². The van der Waals surface area contributed by atoms with Crippen LogP contribution in [-0.4, -0.2) is 28.9 Å². The molecule has 1 saturated carbocycles. The molecule has 0 saturated heterocycles. The molecule has 1 aromatic rings. The number of carbonyl (C=O) groups excluding carboxylic acids is 1. The van der Waals surface area contributed by atoms with Crippen molar-refractivity contribution in [1.82, 2.24) is 5.32 Å². The number of hydrogen-bond acceptors (Lipinski definition) is 3. The Morgan fingerprint density at radius 1 is 1.14 bits per heavy atom. The number of alkyl carbamates (subject to hydrolysis) is 1. The first-order chi connectivity index (χ1) is 13.8. The summed E-state index contributed by atoms with van der Waals surface area (Å²) in [7, 11) is 0. The van der Waals surface area contributed by atoms with Crippen molar-refractivity contribution >= 4 is 6.09 Å². The lowest BCUT2D eigenvalue weighted by Crippen LogP contribution is -2.51. The number of nitrogens with one attached hydrogen (secondary N) is 1. The van der Waals surface area contributed by atoms with E-state index in [1.54, 1.807) is 0 Å². The molecule has 0 spiro atoms. The molecule has 0 bridgehead atoms. The molecule has 0 aliphatic heterocycles. The van der Waals surface area contributed by atoms with Crippen molar-refractivity contribution in [2.24, 2.45) is 0 Å². The number of aryl methyl sites for hydroxylation is 1. The molecule has 1 aliphatic rings. The number of hydrogen-bond donors (Lipinski definition) is 2. The van der Waals surface area contributed by atoms with Crippen molar-refractivity contribution in [3.8, 4) is 0 Å². The van der Waals surface area contributed by atoms with E-state index in [0.29, 0.717) is 5.92 Å². The van der Waals surface area contributed by atoms with Crippen molar-refractivity contribution in [2.45, 2.75) is 109 Å². The minimum atomic E-state index is -0.579. The summed E-state index contributed by atoms with van der Waals surface area (Å²) in [5, 5.41) is 12.9. The summed E-state index contributed by atoms with van der Waals surface area (Å²) in [5.41, 5.74) is 1.59. The third kappa shape index (κ3) is 8.00. The Labute approximate surface area is 177 Å². The van der Waals surface area contributed by atoms with Crippen molar-refractivity contribution in [1.29, 1.82) is 0 Å². The number of unbranched alkanes of at least 4 members (excludes halogenated alkanes) is 5. The van der Waals surface area contributed by atoms with Crippen molar-refractivity contribution in [3.63, 3.8) is 0 Å². The highest BCUT2D eigenvalue weighted by atomic mass is 16.6. The zero-order valence-electron chi connectivity index (χ0n) is 18.9. The number of amides is 1. The fourth-order valence-corrected chi connectivity index (χ4v) is 4.29. The van der Waals surface area contributed by atoms with Crippen molar-refractivity contribution < 1.29 is 14.6 Å². The van der Waals surface area contributed by atoms with Crippen LogP contribution in [0.1, 0.15) is 103 Å². The van der Waals surface area contributed by atoms with Crippen LogP contribution in [-0.2, 0) is 11.2 Å². The smallest absolute Gasteiger partial charge is 0.408 e. The molecule has 4 heteroatoms. The lowest BCUT2D eigenvalue weighted by molar-refractivity contribution is 0.0401. The molecule has 1 amide bonds. The third-order valence-corrected chi connectivity index (χ3v) is 5.95. The minimum Gasteiger partial charge on any atom is -0.444 e. The number of aliphatic hydroxyl groups is 1. The summed E-state index contributed by atoms with van der Waals surface area (Å²) in [6, 6.07) is 8.97. The number of aliphatic hydroxyl groups excluding tert-OH is 1. The molecule has 1 unspecified atom stereocenters. The van der Waals surface area contributed by atoms with Gasteiger partial charge in [-0.2, -0.15) is 0 Å². The number of benzene rings is 1. The normalized spacial score (nSPS) is 21.9. The second-order valence-corrected chi connectivity index (χ2v) is 9.76. The second kappa shape index (κ2) is 11.0. The lowest BCUT2D eigenvalue weighted by atomic mass is 9.92. The van der Waals surface area contributed by atoms with Gasteiger partial charge in [0.15, 0.2) is 0 Å². The van der Waals surface area contributed by atoms with E-state index in [1.165, 1.54) is 49.7 Å². The van der Waals surface area contributed by atoms with Gasteiger partial charge in [0.25, 0.3) is 0 Å². The highest BCUT2D eigenvalue weighted by molar-refractivity contribution is 5.69. The van der Waals surface area contributed by atoms with Gasteiger partial charge in [-0.05, 0) is 69.9 Å². The molecule has 1 fully saturated rings. The summed E-state index contributed by atoms with van der Waals surface area (Å²) < 4.78 is 5.39. The zero-order valence-corrected chi connectivity index (χ0v) is 18.9. The maximum atomic E-state index is 12.2. The first-order valence-corrected chi connectivity index (χ1v) is 11.5. The van der Waals surface area contributed by atoms with Gasteiger partial charge in [-0.15, -0.1) is 0 Å². The Bertz CT molecular complexity index is 620. The van der Waals surface area contributed by atoms with Crippen LogP contribution in [0.15, 0.2) is 24.3 Å². The van der Waals surface area contributed by atoms with E-state index in [4.69, 9.17) is 4.74 Å². The molecule has 2 N–H and O–H groups in total. The van der Waals surface area contributed by atoms with E-state index < -0.39 is 17.2 Å². The summed E-state index contributed by atoms with van der Waals surface area (Å²) in [4.78, 5) is 12.2. The highest BCUT2D eigenvalue weighted by Crippen LogP contribution is 2.41. The molecule has 2 atom stereocenters. The van der Waals surface area contributed by atoms with E-state index in [-0.39, 0.29) is 6.61 Å². The topological polar surface area (TPSA) is 58.6 Å². The van der Waals surface area contributed by atoms with Gasteiger partial charge < -0.3 is 15.2 Å². The van der Waals surface area contributed by atoms with Gasteiger partial charge in [0.2, 0.25) is 0 Å². The first kappa shape index (κ1) is 23.7. The SMILES string of the molecule is CCCCCCCCc1ccc([C@H]2CCC(CO)(NC(=O)OC(C)(C)C)C2)cc1. The number of rotatable bonds is 10. The van der Waals surface area contributed by atoms with E-state index in [0.717, 1.165) is 25.7 Å². The van der Waals surface area contributed by atoms with Crippen molar-refractivity contribution in [3.05, 3.63) is 35.4 Å². The molecular formula is C25H41NO3.